The zero-order valence-corrected chi connectivity index (χ0v) is 29.3. The molecule has 2 saturated heterocycles. The largest absolute Gasteiger partial charge is 0.380 e. The van der Waals surface area contributed by atoms with Crippen LogP contribution in [0.25, 0.3) is 22.3 Å². The maximum atomic E-state index is 6.28. The minimum absolute atomic E-state index is 0.00390. The van der Waals surface area contributed by atoms with Gasteiger partial charge in [0, 0.05) is 31.4 Å². The second-order valence-electron chi connectivity index (χ2n) is 13.1. The van der Waals surface area contributed by atoms with Gasteiger partial charge in [-0.15, -0.1) is 0 Å². The summed E-state index contributed by atoms with van der Waals surface area (Å²) in [5.74, 6) is 0. The molecule has 4 fully saturated rings. The monoisotopic (exact) mass is 704 g/mol. The fraction of sp³-hybridized carbons (Fsp3) is 0.647. The molecule has 0 bridgehead atoms. The zero-order valence-electron chi connectivity index (χ0n) is 27.1. The van der Waals surface area contributed by atoms with Crippen molar-refractivity contribution in [2.24, 2.45) is 5.73 Å². The van der Waals surface area contributed by atoms with Gasteiger partial charge in [-0.2, -0.15) is 0 Å². The zero-order chi connectivity index (χ0) is 32.6. The first-order valence-corrected chi connectivity index (χ1v) is 18.6. The van der Waals surface area contributed by atoms with E-state index in [-0.39, 0.29) is 12.5 Å². The second-order valence-corrected chi connectivity index (χ2v) is 14.3. The molecule has 2 aliphatic carbocycles. The number of halogens is 3. The molecule has 0 spiro atoms. The number of hydrogen-bond donors (Lipinski definition) is 2. The minimum Gasteiger partial charge on any atom is -0.380 e. The number of hydrogen-bond acceptors (Lipinski definition) is 8. The third kappa shape index (κ3) is 9.08. The third-order valence-corrected chi connectivity index (χ3v) is 10.2. The van der Waals surface area contributed by atoms with E-state index >= 15 is 0 Å². The molecule has 8 rings (SSSR count). The van der Waals surface area contributed by atoms with E-state index in [1.54, 1.807) is 12.4 Å². The van der Waals surface area contributed by atoms with E-state index in [4.69, 9.17) is 50.0 Å². The van der Waals surface area contributed by atoms with Crippen LogP contribution in [0.15, 0.2) is 24.8 Å². The van der Waals surface area contributed by atoms with Crippen molar-refractivity contribution in [2.75, 3.05) is 18.5 Å². The smallest absolute Gasteiger partial charge is 0.165 e. The summed E-state index contributed by atoms with van der Waals surface area (Å²) in [6.07, 6.45) is 23.2. The Labute approximate surface area is 292 Å². The summed E-state index contributed by atoms with van der Waals surface area (Å²) in [4.78, 5) is 17.6. The van der Waals surface area contributed by atoms with Crippen LogP contribution in [0.1, 0.15) is 115 Å². The van der Waals surface area contributed by atoms with Crippen LogP contribution in [0.4, 0.5) is 5.69 Å². The number of aromatic nitrogens is 6. The molecule has 13 heteroatoms. The Hall–Kier alpha value is -2.21. The quantitative estimate of drug-likeness (QED) is 0.202. The highest BCUT2D eigenvalue weighted by Crippen LogP contribution is 2.32. The van der Waals surface area contributed by atoms with Crippen LogP contribution >= 0.6 is 34.8 Å². The number of nitrogens with one attached hydrogen (secondary N) is 1. The van der Waals surface area contributed by atoms with E-state index in [1.807, 2.05) is 21.5 Å². The summed E-state index contributed by atoms with van der Waals surface area (Å²) >= 11 is 18.3. The Morgan fingerprint density at radius 1 is 0.638 bits per heavy atom. The van der Waals surface area contributed by atoms with Gasteiger partial charge in [-0.25, -0.2) is 19.9 Å². The number of pyridine rings is 2. The lowest BCUT2D eigenvalue weighted by atomic mass is 9.95. The Bertz CT molecular complexity index is 1570. The van der Waals surface area contributed by atoms with Gasteiger partial charge in [0.25, 0.3) is 0 Å². The standard InChI is InChI=1S/C17H23ClN4O.C11H11Cl2N3O.C6H13N/c18-14-10-13(20-12-6-2-1-3-7-12)16-17(21-14)22(11-19-16)15-8-4-5-9-23-15;12-7-5-8(13)15-11-10(7)14-6-16(11)9-3-1-2-4-17-9;7-6-4-2-1-3-5-6/h10-12,15H,1-9H2,(H,20,21);5-6,9H,1-4H2;6H,1-5,7H2. The molecular weight excluding hydrogens is 659 g/mol. The van der Waals surface area contributed by atoms with Gasteiger partial charge in [0.1, 0.15) is 33.8 Å². The normalized spacial score (nSPS) is 22.7. The molecule has 4 aliphatic rings. The molecule has 2 saturated carbocycles. The van der Waals surface area contributed by atoms with Crippen molar-refractivity contribution < 1.29 is 9.47 Å². The van der Waals surface area contributed by atoms with Crippen molar-refractivity contribution in [1.29, 1.82) is 0 Å². The Kier molecular flexibility index (Phi) is 12.5. The molecule has 0 aromatic carbocycles. The molecule has 2 unspecified atom stereocenters. The highest BCUT2D eigenvalue weighted by Gasteiger charge is 2.23. The molecule has 4 aromatic heterocycles. The van der Waals surface area contributed by atoms with E-state index in [0.29, 0.717) is 38.6 Å². The average molecular weight is 706 g/mol. The molecule has 10 nitrogen and oxygen atoms in total. The van der Waals surface area contributed by atoms with Crippen LogP contribution in [0.3, 0.4) is 0 Å². The predicted molar refractivity (Wildman–Crippen MR) is 189 cm³/mol. The third-order valence-electron chi connectivity index (χ3n) is 9.50. The van der Waals surface area contributed by atoms with Crippen molar-refractivity contribution in [2.45, 2.75) is 127 Å². The van der Waals surface area contributed by atoms with Gasteiger partial charge in [0.05, 0.1) is 23.4 Å². The number of nitrogens with zero attached hydrogens (tertiary/aromatic N) is 6. The molecule has 2 aliphatic heterocycles. The van der Waals surface area contributed by atoms with Gasteiger partial charge >= 0.3 is 0 Å². The molecule has 3 N–H and O–H groups in total. The molecule has 6 heterocycles. The highest BCUT2D eigenvalue weighted by atomic mass is 35.5. The van der Waals surface area contributed by atoms with E-state index in [0.717, 1.165) is 62.2 Å². The number of rotatable bonds is 4. The number of ether oxygens (including phenoxy) is 2. The van der Waals surface area contributed by atoms with Gasteiger partial charge in [0.15, 0.2) is 11.3 Å². The van der Waals surface area contributed by atoms with Crippen LogP contribution in [-0.2, 0) is 9.47 Å². The number of fused-ring (bicyclic) bond motifs is 2. The lowest BCUT2D eigenvalue weighted by Crippen LogP contribution is -2.22. The maximum Gasteiger partial charge on any atom is 0.165 e. The van der Waals surface area contributed by atoms with Gasteiger partial charge in [-0.3, -0.25) is 9.13 Å². The first-order chi connectivity index (χ1) is 23.0. The SMILES string of the molecule is Clc1cc(Cl)c2ncn(C3CCCCO3)c2n1.Clc1cc(NC2CCCCC2)c2ncn(C3CCCCO3)c2n1.NC1CCCCC1. The van der Waals surface area contributed by atoms with Crippen LogP contribution in [-0.4, -0.2) is 54.4 Å². The van der Waals surface area contributed by atoms with Crippen molar-refractivity contribution in [3.63, 3.8) is 0 Å². The van der Waals surface area contributed by atoms with Gasteiger partial charge in [-0.05, 0) is 70.3 Å². The maximum absolute atomic E-state index is 6.28. The van der Waals surface area contributed by atoms with Crippen LogP contribution in [0, 0.1) is 0 Å². The first kappa shape index (κ1) is 34.6. The van der Waals surface area contributed by atoms with Crippen molar-refractivity contribution in [1.82, 2.24) is 29.1 Å². The minimum atomic E-state index is -0.00390. The lowest BCUT2D eigenvalue weighted by Gasteiger charge is -2.25. The summed E-state index contributed by atoms with van der Waals surface area (Å²) in [5, 5.41) is 5.05. The Morgan fingerprint density at radius 2 is 1.15 bits per heavy atom. The number of imidazole rings is 2. The summed E-state index contributed by atoms with van der Waals surface area (Å²) in [6.45, 7) is 1.58. The molecule has 4 aromatic rings. The predicted octanol–water partition coefficient (Wildman–Crippen LogP) is 9.24. The molecule has 0 amide bonds. The van der Waals surface area contributed by atoms with Crippen LogP contribution < -0.4 is 11.1 Å². The molecule has 2 atom stereocenters. The fourth-order valence-electron chi connectivity index (χ4n) is 6.94. The Balaban J connectivity index is 0.000000141. The van der Waals surface area contributed by atoms with Gasteiger partial charge < -0.3 is 20.5 Å². The second kappa shape index (κ2) is 16.9. The lowest BCUT2D eigenvalue weighted by molar-refractivity contribution is -0.0299. The number of nitrogens with two attached hydrogens (primary N) is 1. The molecule has 47 heavy (non-hydrogen) atoms. The summed E-state index contributed by atoms with van der Waals surface area (Å²) in [5.41, 5.74) is 9.72. The van der Waals surface area contributed by atoms with Crippen molar-refractivity contribution in [3.05, 3.63) is 40.1 Å². The molecule has 256 valence electrons. The van der Waals surface area contributed by atoms with E-state index in [9.17, 15) is 0 Å². The summed E-state index contributed by atoms with van der Waals surface area (Å²) in [6, 6.07) is 4.55. The topological polar surface area (TPSA) is 118 Å². The average Bonchev–Trinajstić information content (AvgIpc) is 3.72. The van der Waals surface area contributed by atoms with Crippen LogP contribution in [0.5, 0.6) is 0 Å². The highest BCUT2D eigenvalue weighted by molar-refractivity contribution is 6.37. The molecule has 0 radical (unpaired) electrons. The summed E-state index contributed by atoms with van der Waals surface area (Å²) < 4.78 is 15.5. The van der Waals surface area contributed by atoms with E-state index in [2.05, 4.69) is 25.3 Å². The fourth-order valence-corrected chi connectivity index (χ4v) is 7.61. The van der Waals surface area contributed by atoms with Crippen molar-refractivity contribution in [3.8, 4) is 0 Å². The number of anilines is 1. The Morgan fingerprint density at radius 3 is 1.68 bits per heavy atom. The first-order valence-electron chi connectivity index (χ1n) is 17.4. The van der Waals surface area contributed by atoms with E-state index in [1.165, 1.54) is 70.6 Å². The van der Waals surface area contributed by atoms with Crippen LogP contribution in [0.2, 0.25) is 15.3 Å². The van der Waals surface area contributed by atoms with Crippen molar-refractivity contribution >= 4 is 62.8 Å². The van der Waals surface area contributed by atoms with Gasteiger partial charge in [0.2, 0.25) is 0 Å². The summed E-state index contributed by atoms with van der Waals surface area (Å²) in [7, 11) is 0. The van der Waals surface area contributed by atoms with Gasteiger partial charge in [-0.1, -0.05) is 73.3 Å². The molecular formula is C34H47Cl3N8O2. The van der Waals surface area contributed by atoms with E-state index < -0.39 is 0 Å².